The van der Waals surface area contributed by atoms with E-state index in [4.69, 9.17) is 38.4 Å². The summed E-state index contributed by atoms with van der Waals surface area (Å²) >= 11 is 12.1. The Morgan fingerprint density at radius 2 is 1.79 bits per heavy atom. The molecule has 2 unspecified atom stereocenters. The van der Waals surface area contributed by atoms with Crippen LogP contribution in [0.1, 0.15) is 19.4 Å². The molecule has 2 aromatic rings. The molecule has 0 saturated heterocycles. The van der Waals surface area contributed by atoms with Gasteiger partial charge in [-0.3, -0.25) is 0 Å². The first-order chi connectivity index (χ1) is 11.4. The van der Waals surface area contributed by atoms with Crippen LogP contribution in [-0.2, 0) is 5.60 Å². The molecular weight excluding hydrogens is 349 g/mol. The first kappa shape index (κ1) is 18.9. The second kappa shape index (κ2) is 8.08. The maximum Gasteiger partial charge on any atom is 0.162 e. The summed E-state index contributed by atoms with van der Waals surface area (Å²) in [7, 11) is 0. The van der Waals surface area contributed by atoms with Gasteiger partial charge in [-0.25, -0.2) is 0 Å². The molecule has 0 aliphatic rings. The van der Waals surface area contributed by atoms with Gasteiger partial charge in [-0.05, 0) is 43.7 Å². The molecule has 0 amide bonds. The monoisotopic (exact) mass is 369 g/mol. The van der Waals surface area contributed by atoms with Gasteiger partial charge in [-0.1, -0.05) is 41.4 Å². The van der Waals surface area contributed by atoms with Crippen LogP contribution >= 0.6 is 23.2 Å². The van der Waals surface area contributed by atoms with Crippen LogP contribution in [0.4, 0.5) is 0 Å². The van der Waals surface area contributed by atoms with Crippen LogP contribution in [-0.4, -0.2) is 24.4 Å². The van der Waals surface area contributed by atoms with Crippen LogP contribution < -0.4 is 15.2 Å². The molecule has 6 heteroatoms. The lowest BCUT2D eigenvalue weighted by Gasteiger charge is -2.35. The summed E-state index contributed by atoms with van der Waals surface area (Å²) in [4.78, 5) is 0. The van der Waals surface area contributed by atoms with E-state index >= 15 is 0 Å². The van der Waals surface area contributed by atoms with Crippen molar-refractivity contribution in [2.45, 2.75) is 25.6 Å². The minimum absolute atomic E-state index is 0.0214. The zero-order valence-electron chi connectivity index (χ0n) is 13.6. The average Bonchev–Trinajstić information content (AvgIpc) is 2.58. The summed E-state index contributed by atoms with van der Waals surface area (Å²) in [5.74, 6) is 1.11. The van der Waals surface area contributed by atoms with Gasteiger partial charge in [-0.2, -0.15) is 0 Å². The van der Waals surface area contributed by atoms with Crippen LogP contribution in [0.3, 0.4) is 0 Å². The van der Waals surface area contributed by atoms with Gasteiger partial charge in [0.2, 0.25) is 0 Å². The van der Waals surface area contributed by atoms with Gasteiger partial charge in [0.25, 0.3) is 0 Å². The molecule has 0 spiro atoms. The predicted octanol–water partition coefficient (Wildman–Crippen LogP) is 4.01. The van der Waals surface area contributed by atoms with Gasteiger partial charge in [0.1, 0.15) is 6.10 Å². The predicted molar refractivity (Wildman–Crippen MR) is 97.1 cm³/mol. The highest BCUT2D eigenvalue weighted by molar-refractivity contribution is 6.42. The first-order valence-electron chi connectivity index (χ1n) is 7.66. The van der Waals surface area contributed by atoms with Crippen LogP contribution in [0.2, 0.25) is 10.0 Å². The fourth-order valence-corrected chi connectivity index (χ4v) is 2.68. The lowest BCUT2D eigenvalue weighted by atomic mass is 9.89. The molecule has 0 aromatic heterocycles. The Labute approximate surface area is 152 Å². The number of benzene rings is 2. The third kappa shape index (κ3) is 3.95. The van der Waals surface area contributed by atoms with Gasteiger partial charge in [-0.15, -0.1) is 0 Å². The lowest BCUT2D eigenvalue weighted by molar-refractivity contribution is -0.0424. The van der Waals surface area contributed by atoms with Gasteiger partial charge < -0.3 is 20.3 Å². The van der Waals surface area contributed by atoms with Crippen LogP contribution in [0, 0.1) is 0 Å². The molecule has 0 bridgehead atoms. The van der Waals surface area contributed by atoms with Crippen molar-refractivity contribution in [3.63, 3.8) is 0 Å². The maximum atomic E-state index is 10.5. The second-order valence-electron chi connectivity index (χ2n) is 5.47. The highest BCUT2D eigenvalue weighted by Gasteiger charge is 2.37. The molecule has 4 nitrogen and oxygen atoms in total. The van der Waals surface area contributed by atoms with Crippen molar-refractivity contribution in [2.24, 2.45) is 5.73 Å². The molecule has 2 atom stereocenters. The van der Waals surface area contributed by atoms with E-state index in [9.17, 15) is 5.11 Å². The Bertz CT molecular complexity index is 696. The standard InChI is InChI=1S/C18H21Cl2NO3/c1-3-23-15-6-4-5-7-16(15)24-18(2,17(22)11-21)12-8-9-13(19)14(20)10-12/h4-10,17,22H,3,11,21H2,1-2H3. The van der Waals surface area contributed by atoms with Gasteiger partial charge in [0.15, 0.2) is 17.1 Å². The molecule has 3 N–H and O–H groups in total. The molecule has 2 aromatic carbocycles. The number of aliphatic hydroxyl groups is 1. The van der Waals surface area contributed by atoms with Crippen LogP contribution in [0.5, 0.6) is 11.5 Å². The van der Waals surface area contributed by atoms with E-state index in [2.05, 4.69) is 0 Å². The molecule has 0 saturated carbocycles. The number of aliphatic hydroxyl groups excluding tert-OH is 1. The number of hydrogen-bond acceptors (Lipinski definition) is 4. The van der Waals surface area contributed by atoms with Crippen molar-refractivity contribution in [3.05, 3.63) is 58.1 Å². The topological polar surface area (TPSA) is 64.7 Å². The highest BCUT2D eigenvalue weighted by Crippen LogP contribution is 2.38. The van der Waals surface area contributed by atoms with Gasteiger partial charge in [0.05, 0.1) is 16.7 Å². The van der Waals surface area contributed by atoms with E-state index in [-0.39, 0.29) is 6.54 Å². The molecule has 0 aliphatic carbocycles. The molecular formula is C18H21Cl2NO3. The van der Waals surface area contributed by atoms with E-state index in [0.717, 1.165) is 0 Å². The molecule has 0 fully saturated rings. The SMILES string of the molecule is CCOc1ccccc1OC(C)(c1ccc(Cl)c(Cl)c1)C(O)CN. The molecule has 24 heavy (non-hydrogen) atoms. The van der Waals surface area contributed by atoms with Crippen LogP contribution in [0.15, 0.2) is 42.5 Å². The molecule has 130 valence electrons. The van der Waals surface area contributed by atoms with E-state index < -0.39 is 11.7 Å². The summed E-state index contributed by atoms with van der Waals surface area (Å²) in [5, 5.41) is 11.3. The number of para-hydroxylation sites is 2. The Morgan fingerprint density at radius 1 is 1.12 bits per heavy atom. The van der Waals surface area contributed by atoms with E-state index in [1.807, 2.05) is 25.1 Å². The molecule has 0 heterocycles. The minimum atomic E-state index is -1.11. The fourth-order valence-electron chi connectivity index (χ4n) is 2.39. The van der Waals surface area contributed by atoms with Crippen molar-refractivity contribution in [2.75, 3.05) is 13.2 Å². The summed E-state index contributed by atoms with van der Waals surface area (Å²) in [6.07, 6.45) is -0.954. The van der Waals surface area contributed by atoms with Gasteiger partial charge >= 0.3 is 0 Å². The normalized spacial score (nSPS) is 14.8. The minimum Gasteiger partial charge on any atom is -0.490 e. The zero-order chi connectivity index (χ0) is 17.7. The lowest BCUT2D eigenvalue weighted by Crippen LogP contribution is -2.46. The maximum absolute atomic E-state index is 10.5. The highest BCUT2D eigenvalue weighted by atomic mass is 35.5. The van der Waals surface area contributed by atoms with Crippen LogP contribution in [0.25, 0.3) is 0 Å². The number of ether oxygens (including phenoxy) is 2. The van der Waals surface area contributed by atoms with Crippen molar-refractivity contribution >= 4 is 23.2 Å². The third-order valence-corrected chi connectivity index (χ3v) is 4.56. The largest absolute Gasteiger partial charge is 0.490 e. The van der Waals surface area contributed by atoms with Crippen molar-refractivity contribution < 1.29 is 14.6 Å². The summed E-state index contributed by atoms with van der Waals surface area (Å²) in [5.41, 5.74) is 5.25. The Hall–Kier alpha value is -1.46. The number of nitrogens with two attached hydrogens (primary N) is 1. The van der Waals surface area contributed by atoms with Gasteiger partial charge in [0, 0.05) is 6.54 Å². The zero-order valence-corrected chi connectivity index (χ0v) is 15.1. The Morgan fingerprint density at radius 3 is 2.38 bits per heavy atom. The third-order valence-electron chi connectivity index (χ3n) is 3.82. The first-order valence-corrected chi connectivity index (χ1v) is 8.42. The summed E-state index contributed by atoms with van der Waals surface area (Å²) < 4.78 is 11.8. The van der Waals surface area contributed by atoms with E-state index in [0.29, 0.717) is 33.7 Å². The fraction of sp³-hybridized carbons (Fsp3) is 0.333. The quantitative estimate of drug-likeness (QED) is 0.773. The summed E-state index contributed by atoms with van der Waals surface area (Å²) in [6, 6.07) is 12.4. The smallest absolute Gasteiger partial charge is 0.162 e. The Balaban J connectivity index is 2.47. The second-order valence-corrected chi connectivity index (χ2v) is 6.28. The van der Waals surface area contributed by atoms with Crippen molar-refractivity contribution in [1.29, 1.82) is 0 Å². The number of halogens is 2. The Kier molecular flexibility index (Phi) is 6.35. The molecule has 2 rings (SSSR count). The van der Waals surface area contributed by atoms with E-state index in [1.165, 1.54) is 0 Å². The number of hydrogen-bond donors (Lipinski definition) is 2. The molecule has 0 radical (unpaired) electrons. The number of rotatable bonds is 7. The summed E-state index contributed by atoms with van der Waals surface area (Å²) in [6.45, 7) is 4.17. The van der Waals surface area contributed by atoms with Crippen molar-refractivity contribution in [1.82, 2.24) is 0 Å². The van der Waals surface area contributed by atoms with Crippen molar-refractivity contribution in [3.8, 4) is 11.5 Å². The van der Waals surface area contributed by atoms with E-state index in [1.54, 1.807) is 31.2 Å². The average molecular weight is 370 g/mol. The molecule has 0 aliphatic heterocycles.